The van der Waals surface area contributed by atoms with Crippen molar-refractivity contribution in [1.82, 2.24) is 5.32 Å². The summed E-state index contributed by atoms with van der Waals surface area (Å²) in [6, 6.07) is 0.0514. The smallest absolute Gasteiger partial charge is 0.0663 e. The van der Waals surface area contributed by atoms with Gasteiger partial charge in [0.15, 0.2) is 0 Å². The van der Waals surface area contributed by atoms with Crippen LogP contribution in [0.1, 0.15) is 39.5 Å². The van der Waals surface area contributed by atoms with E-state index in [0.717, 1.165) is 18.8 Å². The van der Waals surface area contributed by atoms with Gasteiger partial charge < -0.3 is 5.11 Å². The molecule has 14 heavy (non-hydrogen) atoms. The van der Waals surface area contributed by atoms with Gasteiger partial charge in [-0.1, -0.05) is 12.8 Å². The van der Waals surface area contributed by atoms with E-state index in [4.69, 9.17) is 6.42 Å². The number of rotatable bonds is 3. The molecule has 80 valence electrons. The molecular weight excluding hydrogens is 174 g/mol. The van der Waals surface area contributed by atoms with Crippen molar-refractivity contribution in [1.29, 1.82) is 0 Å². The lowest BCUT2D eigenvalue weighted by Gasteiger charge is -2.40. The van der Waals surface area contributed by atoms with E-state index in [9.17, 15) is 5.11 Å². The Labute approximate surface area is 87.1 Å². The summed E-state index contributed by atoms with van der Waals surface area (Å²) in [5.41, 5.74) is -0.113. The van der Waals surface area contributed by atoms with Crippen molar-refractivity contribution in [3.63, 3.8) is 0 Å². The Kier molecular flexibility index (Phi) is 3.97. The van der Waals surface area contributed by atoms with Crippen molar-refractivity contribution in [3.8, 4) is 12.3 Å². The van der Waals surface area contributed by atoms with Gasteiger partial charge in [0.1, 0.15) is 0 Å². The standard InChI is InChI=1S/C12H21NO/c1-4-11(3)13-12(9-14)7-5-10(2)6-8-12/h1,10-11,13-14H,5-9H2,2-3H3. The van der Waals surface area contributed by atoms with Crippen LogP contribution in [0.5, 0.6) is 0 Å². The molecule has 0 aromatic rings. The second-order valence-corrected chi connectivity index (χ2v) is 4.65. The zero-order chi connectivity index (χ0) is 10.6. The lowest BCUT2D eigenvalue weighted by molar-refractivity contribution is 0.102. The van der Waals surface area contributed by atoms with Crippen molar-refractivity contribution >= 4 is 0 Å². The lowest BCUT2D eigenvalue weighted by atomic mass is 9.77. The maximum Gasteiger partial charge on any atom is 0.0663 e. The first kappa shape index (κ1) is 11.6. The first-order chi connectivity index (χ1) is 6.62. The summed E-state index contributed by atoms with van der Waals surface area (Å²) in [4.78, 5) is 0. The van der Waals surface area contributed by atoms with E-state index < -0.39 is 0 Å². The van der Waals surface area contributed by atoms with Crippen molar-refractivity contribution < 1.29 is 5.11 Å². The van der Waals surface area contributed by atoms with Crippen LogP contribution in [0.25, 0.3) is 0 Å². The molecule has 2 N–H and O–H groups in total. The first-order valence-corrected chi connectivity index (χ1v) is 5.46. The summed E-state index contributed by atoms with van der Waals surface area (Å²) in [6.45, 7) is 4.44. The fourth-order valence-corrected chi connectivity index (χ4v) is 2.16. The average molecular weight is 195 g/mol. The van der Waals surface area contributed by atoms with E-state index in [1.165, 1.54) is 12.8 Å². The summed E-state index contributed by atoms with van der Waals surface area (Å²) in [7, 11) is 0. The Balaban J connectivity index is 2.55. The summed E-state index contributed by atoms with van der Waals surface area (Å²) < 4.78 is 0. The Morgan fingerprint density at radius 1 is 1.57 bits per heavy atom. The summed E-state index contributed by atoms with van der Waals surface area (Å²) >= 11 is 0. The van der Waals surface area contributed by atoms with Gasteiger partial charge >= 0.3 is 0 Å². The van der Waals surface area contributed by atoms with Crippen LogP contribution in [0, 0.1) is 18.3 Å². The van der Waals surface area contributed by atoms with Crippen molar-refractivity contribution in [3.05, 3.63) is 0 Å². The van der Waals surface area contributed by atoms with Crippen LogP contribution in [0.15, 0.2) is 0 Å². The second kappa shape index (κ2) is 4.82. The predicted octanol–water partition coefficient (Wildman–Crippen LogP) is 1.54. The summed E-state index contributed by atoms with van der Waals surface area (Å²) in [6.07, 6.45) is 9.78. The number of terminal acetylenes is 1. The number of nitrogens with one attached hydrogen (secondary N) is 1. The first-order valence-electron chi connectivity index (χ1n) is 5.46. The van der Waals surface area contributed by atoms with Crippen LogP contribution >= 0.6 is 0 Å². The molecule has 0 bridgehead atoms. The highest BCUT2D eigenvalue weighted by Gasteiger charge is 2.33. The minimum Gasteiger partial charge on any atom is -0.394 e. The zero-order valence-corrected chi connectivity index (χ0v) is 9.21. The molecule has 0 radical (unpaired) electrons. The van der Waals surface area contributed by atoms with Gasteiger partial charge in [-0.05, 0) is 38.5 Å². The van der Waals surface area contributed by atoms with E-state index in [-0.39, 0.29) is 18.2 Å². The normalized spacial score (nSPS) is 34.9. The number of hydrogen-bond acceptors (Lipinski definition) is 2. The van der Waals surface area contributed by atoms with Gasteiger partial charge in [-0.25, -0.2) is 0 Å². The molecule has 0 amide bonds. The molecule has 0 spiro atoms. The summed E-state index contributed by atoms with van der Waals surface area (Å²) in [5, 5.41) is 12.8. The maximum atomic E-state index is 9.44. The molecule has 1 aliphatic carbocycles. The molecular formula is C12H21NO. The van der Waals surface area contributed by atoms with E-state index in [2.05, 4.69) is 18.2 Å². The molecule has 2 heteroatoms. The van der Waals surface area contributed by atoms with Crippen LogP contribution < -0.4 is 5.32 Å². The highest BCUT2D eigenvalue weighted by Crippen LogP contribution is 2.31. The molecule has 1 unspecified atom stereocenters. The fourth-order valence-electron chi connectivity index (χ4n) is 2.16. The van der Waals surface area contributed by atoms with Gasteiger partial charge in [-0.15, -0.1) is 6.42 Å². The molecule has 1 atom stereocenters. The maximum absolute atomic E-state index is 9.44. The quantitative estimate of drug-likeness (QED) is 0.670. The Morgan fingerprint density at radius 2 is 2.14 bits per heavy atom. The average Bonchev–Trinajstić information content (AvgIpc) is 2.22. The SMILES string of the molecule is C#CC(C)NC1(CO)CCC(C)CC1. The highest BCUT2D eigenvalue weighted by atomic mass is 16.3. The third-order valence-electron chi connectivity index (χ3n) is 3.31. The molecule has 1 rings (SSSR count). The van der Waals surface area contributed by atoms with Crippen molar-refractivity contribution in [2.75, 3.05) is 6.61 Å². The third kappa shape index (κ3) is 2.73. The van der Waals surface area contributed by atoms with Crippen molar-refractivity contribution in [2.24, 2.45) is 5.92 Å². The molecule has 1 aliphatic rings. The topological polar surface area (TPSA) is 32.3 Å². The molecule has 0 heterocycles. The van der Waals surface area contributed by atoms with Crippen LogP contribution in [-0.4, -0.2) is 23.3 Å². The number of aliphatic hydroxyl groups excluding tert-OH is 1. The number of hydrogen-bond donors (Lipinski definition) is 2. The lowest BCUT2D eigenvalue weighted by Crippen LogP contribution is -2.53. The van der Waals surface area contributed by atoms with Crippen LogP contribution in [0.3, 0.4) is 0 Å². The van der Waals surface area contributed by atoms with Gasteiger partial charge in [0.05, 0.1) is 12.6 Å². The van der Waals surface area contributed by atoms with E-state index in [1.54, 1.807) is 0 Å². The molecule has 1 fully saturated rings. The van der Waals surface area contributed by atoms with Gasteiger partial charge in [-0.2, -0.15) is 0 Å². The molecule has 0 saturated heterocycles. The largest absolute Gasteiger partial charge is 0.394 e. The fraction of sp³-hybridized carbons (Fsp3) is 0.833. The summed E-state index contributed by atoms with van der Waals surface area (Å²) in [5.74, 6) is 3.45. The highest BCUT2D eigenvalue weighted by molar-refractivity contribution is 5.02. The minimum absolute atomic E-state index is 0.0514. The van der Waals surface area contributed by atoms with Gasteiger partial charge in [0.25, 0.3) is 0 Å². The van der Waals surface area contributed by atoms with Gasteiger partial charge in [0.2, 0.25) is 0 Å². The molecule has 1 saturated carbocycles. The monoisotopic (exact) mass is 195 g/mol. The van der Waals surface area contributed by atoms with Crippen LogP contribution in [-0.2, 0) is 0 Å². The molecule has 2 nitrogen and oxygen atoms in total. The minimum atomic E-state index is -0.113. The van der Waals surface area contributed by atoms with E-state index >= 15 is 0 Å². The van der Waals surface area contributed by atoms with Gasteiger partial charge in [-0.3, -0.25) is 5.32 Å². The zero-order valence-electron chi connectivity index (χ0n) is 9.21. The Hall–Kier alpha value is -0.520. The number of aliphatic hydroxyl groups is 1. The van der Waals surface area contributed by atoms with E-state index in [1.807, 2.05) is 6.92 Å². The third-order valence-corrected chi connectivity index (χ3v) is 3.31. The van der Waals surface area contributed by atoms with Crippen LogP contribution in [0.2, 0.25) is 0 Å². The Morgan fingerprint density at radius 3 is 2.57 bits per heavy atom. The van der Waals surface area contributed by atoms with Crippen LogP contribution in [0.4, 0.5) is 0 Å². The molecule has 0 aromatic carbocycles. The molecule has 0 aromatic heterocycles. The van der Waals surface area contributed by atoms with E-state index in [0.29, 0.717) is 0 Å². The molecule has 0 aliphatic heterocycles. The van der Waals surface area contributed by atoms with Crippen molar-refractivity contribution in [2.45, 2.75) is 51.1 Å². The van der Waals surface area contributed by atoms with Gasteiger partial charge in [0, 0.05) is 5.54 Å². The Bertz CT molecular complexity index is 211. The predicted molar refractivity (Wildman–Crippen MR) is 58.9 cm³/mol. The second-order valence-electron chi connectivity index (χ2n) is 4.65.